The van der Waals surface area contributed by atoms with Crippen LogP contribution < -0.4 is 5.32 Å². The van der Waals surface area contributed by atoms with E-state index in [9.17, 15) is 0 Å². The maximum Gasteiger partial charge on any atom is 0.173 e. The van der Waals surface area contributed by atoms with E-state index in [-0.39, 0.29) is 0 Å². The Hall–Kier alpha value is -1.91. The van der Waals surface area contributed by atoms with Gasteiger partial charge >= 0.3 is 0 Å². The minimum atomic E-state index is 0.829. The monoisotopic (exact) mass is 339 g/mol. The van der Waals surface area contributed by atoms with Crippen LogP contribution >= 0.6 is 12.2 Å². The molecule has 0 unspecified atom stereocenters. The van der Waals surface area contributed by atoms with Crippen molar-refractivity contribution >= 4 is 23.0 Å². The van der Waals surface area contributed by atoms with Crippen LogP contribution in [0.5, 0.6) is 0 Å². The van der Waals surface area contributed by atoms with Gasteiger partial charge in [-0.1, -0.05) is 42.0 Å². The molecule has 0 bridgehead atoms. The number of piperazine rings is 1. The van der Waals surface area contributed by atoms with Gasteiger partial charge in [-0.15, -0.1) is 0 Å². The molecule has 0 aliphatic carbocycles. The van der Waals surface area contributed by atoms with Gasteiger partial charge in [0.2, 0.25) is 0 Å². The van der Waals surface area contributed by atoms with E-state index in [1.54, 1.807) is 0 Å². The fourth-order valence-electron chi connectivity index (χ4n) is 2.99. The molecule has 0 spiro atoms. The average Bonchev–Trinajstić information content (AvgIpc) is 2.57. The fraction of sp³-hybridized carbons (Fsp3) is 0.350. The van der Waals surface area contributed by atoms with Crippen molar-refractivity contribution in [2.24, 2.45) is 0 Å². The summed E-state index contributed by atoms with van der Waals surface area (Å²) in [4.78, 5) is 4.76. The molecule has 2 aromatic carbocycles. The first-order valence-corrected chi connectivity index (χ1v) is 8.91. The molecule has 1 aliphatic heterocycles. The Labute approximate surface area is 150 Å². The summed E-state index contributed by atoms with van der Waals surface area (Å²) in [7, 11) is 0. The van der Waals surface area contributed by atoms with Crippen molar-refractivity contribution in [1.29, 1.82) is 0 Å². The lowest BCUT2D eigenvalue weighted by Gasteiger charge is -2.36. The smallest absolute Gasteiger partial charge is 0.173 e. The Balaban J connectivity index is 1.49. The van der Waals surface area contributed by atoms with Gasteiger partial charge in [-0.25, -0.2) is 0 Å². The van der Waals surface area contributed by atoms with E-state index in [2.05, 4.69) is 77.5 Å². The number of aryl methyl sites for hydroxylation is 2. The highest BCUT2D eigenvalue weighted by Crippen LogP contribution is 2.13. The molecule has 1 heterocycles. The lowest BCUT2D eigenvalue weighted by molar-refractivity contribution is 0.177. The van der Waals surface area contributed by atoms with Crippen LogP contribution in [0.2, 0.25) is 0 Å². The van der Waals surface area contributed by atoms with Crippen LogP contribution in [0.1, 0.15) is 16.7 Å². The highest BCUT2D eigenvalue weighted by molar-refractivity contribution is 7.80. The summed E-state index contributed by atoms with van der Waals surface area (Å²) in [6.45, 7) is 9.29. The molecule has 1 aliphatic rings. The first-order valence-electron chi connectivity index (χ1n) is 8.51. The van der Waals surface area contributed by atoms with Gasteiger partial charge in [0.1, 0.15) is 0 Å². The lowest BCUT2D eigenvalue weighted by atomic mass is 10.1. The van der Waals surface area contributed by atoms with Crippen LogP contribution in [-0.4, -0.2) is 41.1 Å². The molecule has 1 fully saturated rings. The van der Waals surface area contributed by atoms with E-state index in [1.165, 1.54) is 16.7 Å². The van der Waals surface area contributed by atoms with Gasteiger partial charge in [-0.05, 0) is 49.3 Å². The molecule has 0 radical (unpaired) electrons. The molecule has 0 aromatic heterocycles. The highest BCUT2D eigenvalue weighted by Gasteiger charge is 2.19. The number of thiocarbonyl (C=S) groups is 1. The Kier molecular flexibility index (Phi) is 5.48. The molecule has 0 saturated carbocycles. The quantitative estimate of drug-likeness (QED) is 0.857. The zero-order valence-corrected chi connectivity index (χ0v) is 15.3. The molecule has 3 rings (SSSR count). The van der Waals surface area contributed by atoms with Crippen molar-refractivity contribution in [3.05, 3.63) is 65.2 Å². The third-order valence-electron chi connectivity index (χ3n) is 4.46. The second-order valence-corrected chi connectivity index (χ2v) is 6.94. The van der Waals surface area contributed by atoms with Gasteiger partial charge in [0.05, 0.1) is 0 Å². The summed E-state index contributed by atoms with van der Waals surface area (Å²) in [5, 5.41) is 4.19. The van der Waals surface area contributed by atoms with Crippen LogP contribution in [0.25, 0.3) is 0 Å². The molecule has 1 N–H and O–H groups in total. The van der Waals surface area contributed by atoms with Crippen molar-refractivity contribution < 1.29 is 0 Å². The molecule has 24 heavy (non-hydrogen) atoms. The Morgan fingerprint density at radius 3 is 2.33 bits per heavy atom. The number of benzene rings is 2. The summed E-state index contributed by atoms with van der Waals surface area (Å²) < 4.78 is 0. The molecule has 3 nitrogen and oxygen atoms in total. The van der Waals surface area contributed by atoms with Crippen LogP contribution in [0.4, 0.5) is 5.69 Å². The zero-order chi connectivity index (χ0) is 16.9. The number of hydrogen-bond donors (Lipinski definition) is 1. The fourth-order valence-corrected chi connectivity index (χ4v) is 3.29. The van der Waals surface area contributed by atoms with Crippen molar-refractivity contribution in [3.63, 3.8) is 0 Å². The second-order valence-electron chi connectivity index (χ2n) is 6.55. The second kappa shape index (κ2) is 7.77. The van der Waals surface area contributed by atoms with Gasteiger partial charge in [0.15, 0.2) is 5.11 Å². The maximum absolute atomic E-state index is 5.58. The maximum atomic E-state index is 5.58. The summed E-state index contributed by atoms with van der Waals surface area (Å²) in [5.74, 6) is 0. The summed E-state index contributed by atoms with van der Waals surface area (Å²) in [5.41, 5.74) is 5.01. The number of nitrogens with zero attached hydrogens (tertiary/aromatic N) is 2. The normalized spacial score (nSPS) is 15.3. The molecule has 4 heteroatoms. The van der Waals surface area contributed by atoms with Gasteiger partial charge < -0.3 is 10.2 Å². The van der Waals surface area contributed by atoms with Gasteiger partial charge in [0, 0.05) is 38.4 Å². The largest absolute Gasteiger partial charge is 0.346 e. The third kappa shape index (κ3) is 4.56. The van der Waals surface area contributed by atoms with Crippen LogP contribution in [0, 0.1) is 13.8 Å². The van der Waals surface area contributed by atoms with Gasteiger partial charge in [-0.3, -0.25) is 4.90 Å². The average molecular weight is 340 g/mol. The predicted molar refractivity (Wildman–Crippen MR) is 105 cm³/mol. The SMILES string of the molecule is Cc1ccc(CN2CCN(C(=S)Nc3cccc(C)c3)CC2)cc1. The van der Waals surface area contributed by atoms with Crippen molar-refractivity contribution in [3.8, 4) is 0 Å². The summed E-state index contributed by atoms with van der Waals surface area (Å²) in [6.07, 6.45) is 0. The third-order valence-corrected chi connectivity index (χ3v) is 4.82. The molecule has 126 valence electrons. The highest BCUT2D eigenvalue weighted by atomic mass is 32.1. The summed E-state index contributed by atoms with van der Waals surface area (Å²) >= 11 is 5.58. The number of hydrogen-bond acceptors (Lipinski definition) is 2. The van der Waals surface area contributed by atoms with Gasteiger partial charge in [-0.2, -0.15) is 0 Å². The predicted octanol–water partition coefficient (Wildman–Crippen LogP) is 3.82. The number of nitrogens with one attached hydrogen (secondary N) is 1. The van der Waals surface area contributed by atoms with Crippen LogP contribution in [0.3, 0.4) is 0 Å². The van der Waals surface area contributed by atoms with E-state index < -0.39 is 0 Å². The number of anilines is 1. The molecule has 0 amide bonds. The standard InChI is InChI=1S/C20H25N3S/c1-16-6-8-18(9-7-16)15-22-10-12-23(13-11-22)20(24)21-19-5-3-4-17(2)14-19/h3-9,14H,10-13,15H2,1-2H3,(H,21,24). The number of rotatable bonds is 3. The first-order chi connectivity index (χ1) is 11.6. The van der Waals surface area contributed by atoms with E-state index in [4.69, 9.17) is 12.2 Å². The van der Waals surface area contributed by atoms with E-state index in [0.29, 0.717) is 0 Å². The Morgan fingerprint density at radius 2 is 1.67 bits per heavy atom. The van der Waals surface area contributed by atoms with E-state index in [0.717, 1.165) is 43.5 Å². The molecular weight excluding hydrogens is 314 g/mol. The molecular formula is C20H25N3S. The van der Waals surface area contributed by atoms with Crippen molar-refractivity contribution in [1.82, 2.24) is 9.80 Å². The first kappa shape index (κ1) is 16.9. The minimum absolute atomic E-state index is 0.829. The molecule has 0 atom stereocenters. The van der Waals surface area contributed by atoms with Gasteiger partial charge in [0.25, 0.3) is 0 Å². The minimum Gasteiger partial charge on any atom is -0.346 e. The summed E-state index contributed by atoms with van der Waals surface area (Å²) in [6, 6.07) is 17.2. The van der Waals surface area contributed by atoms with Crippen molar-refractivity contribution in [2.75, 3.05) is 31.5 Å². The van der Waals surface area contributed by atoms with E-state index >= 15 is 0 Å². The lowest BCUT2D eigenvalue weighted by Crippen LogP contribution is -2.49. The zero-order valence-electron chi connectivity index (χ0n) is 14.5. The molecule has 2 aromatic rings. The molecule has 1 saturated heterocycles. The van der Waals surface area contributed by atoms with Crippen molar-refractivity contribution in [2.45, 2.75) is 20.4 Å². The Bertz CT molecular complexity index is 688. The van der Waals surface area contributed by atoms with Crippen LogP contribution in [0.15, 0.2) is 48.5 Å². The topological polar surface area (TPSA) is 18.5 Å². The Morgan fingerprint density at radius 1 is 0.958 bits per heavy atom. The van der Waals surface area contributed by atoms with Crippen LogP contribution in [-0.2, 0) is 6.54 Å². The van der Waals surface area contributed by atoms with E-state index in [1.807, 2.05) is 0 Å².